The topological polar surface area (TPSA) is 116 Å². The molecule has 0 aliphatic carbocycles. The SMILES string of the molecule is N#Cc1cccc(-c2cccc3c4cccc(-c5cccc(C#N)n5)c4n(-c4cccc5c4C(=O)N(c4ccccc4-c4ccccc4)C5=O)c23)n1. The molecule has 52 heavy (non-hydrogen) atoms. The van der Waals surface area contributed by atoms with Crippen molar-refractivity contribution in [3.63, 3.8) is 0 Å². The predicted molar refractivity (Wildman–Crippen MR) is 200 cm³/mol. The number of hydrogen-bond acceptors (Lipinski definition) is 6. The molecule has 5 aromatic carbocycles. The van der Waals surface area contributed by atoms with Crippen LogP contribution >= 0.6 is 0 Å². The minimum absolute atomic E-state index is 0.260. The van der Waals surface area contributed by atoms with Gasteiger partial charge in [0.15, 0.2) is 0 Å². The van der Waals surface area contributed by atoms with Crippen LogP contribution in [0.1, 0.15) is 32.1 Å². The summed E-state index contributed by atoms with van der Waals surface area (Å²) < 4.78 is 2.01. The highest BCUT2D eigenvalue weighted by Crippen LogP contribution is 2.44. The van der Waals surface area contributed by atoms with Crippen LogP contribution in [0, 0.1) is 22.7 Å². The highest BCUT2D eigenvalue weighted by atomic mass is 16.2. The second-order valence-corrected chi connectivity index (χ2v) is 12.3. The summed E-state index contributed by atoms with van der Waals surface area (Å²) in [6.07, 6.45) is 0. The Morgan fingerprint density at radius 1 is 0.462 bits per heavy atom. The van der Waals surface area contributed by atoms with Gasteiger partial charge in [0.1, 0.15) is 23.5 Å². The minimum atomic E-state index is -0.446. The average Bonchev–Trinajstić information content (AvgIpc) is 3.68. The van der Waals surface area contributed by atoms with E-state index in [0.29, 0.717) is 22.8 Å². The van der Waals surface area contributed by atoms with E-state index in [1.165, 1.54) is 4.90 Å². The lowest BCUT2D eigenvalue weighted by Crippen LogP contribution is -2.30. The van der Waals surface area contributed by atoms with Crippen molar-refractivity contribution >= 4 is 39.3 Å². The van der Waals surface area contributed by atoms with E-state index in [9.17, 15) is 20.1 Å². The highest BCUT2D eigenvalue weighted by Gasteiger charge is 2.40. The van der Waals surface area contributed by atoms with Crippen molar-refractivity contribution in [1.29, 1.82) is 10.5 Å². The molecule has 0 radical (unpaired) electrons. The van der Waals surface area contributed by atoms with Gasteiger partial charge in [-0.2, -0.15) is 10.5 Å². The minimum Gasteiger partial charge on any atom is -0.307 e. The normalized spacial score (nSPS) is 12.2. The van der Waals surface area contributed by atoms with Crippen LogP contribution in [0.25, 0.3) is 61.1 Å². The van der Waals surface area contributed by atoms with Crippen LogP contribution in [-0.2, 0) is 0 Å². The molecule has 8 nitrogen and oxygen atoms in total. The zero-order valence-electron chi connectivity index (χ0n) is 27.4. The summed E-state index contributed by atoms with van der Waals surface area (Å²) in [5.74, 6) is -0.864. The molecular formula is C44H24N6O2. The van der Waals surface area contributed by atoms with Crippen LogP contribution < -0.4 is 4.90 Å². The number of anilines is 1. The van der Waals surface area contributed by atoms with Crippen LogP contribution in [0.2, 0.25) is 0 Å². The van der Waals surface area contributed by atoms with E-state index >= 15 is 0 Å². The second kappa shape index (κ2) is 12.0. The summed E-state index contributed by atoms with van der Waals surface area (Å²) in [7, 11) is 0. The number of aromatic nitrogens is 3. The Bertz CT molecular complexity index is 2760. The maximum Gasteiger partial charge on any atom is 0.268 e. The summed E-state index contributed by atoms with van der Waals surface area (Å²) in [5, 5.41) is 21.2. The molecule has 1 aliphatic rings. The number of benzene rings is 5. The van der Waals surface area contributed by atoms with Gasteiger partial charge in [-0.15, -0.1) is 0 Å². The molecule has 0 atom stereocenters. The predicted octanol–water partition coefficient (Wildman–Crippen LogP) is 9.12. The first-order valence-electron chi connectivity index (χ1n) is 16.5. The zero-order valence-corrected chi connectivity index (χ0v) is 27.4. The molecule has 0 bridgehead atoms. The molecule has 9 rings (SSSR count). The number of nitriles is 2. The van der Waals surface area contributed by atoms with Gasteiger partial charge in [-0.25, -0.2) is 14.9 Å². The molecule has 0 saturated carbocycles. The zero-order chi connectivity index (χ0) is 35.3. The fraction of sp³-hybridized carbons (Fsp3) is 0. The standard InChI is InChI=1S/C44H24N6O2/c45-25-28-13-6-21-36(47-28)33-18-8-16-31-32-17-9-19-34(37-22-7-14-29(26-46)48-37)42(32)49(41(31)33)39-24-10-20-35-40(39)44(52)50(43(35)51)38-23-5-4-15-30(38)27-11-2-1-3-12-27/h1-24H. The summed E-state index contributed by atoms with van der Waals surface area (Å²) in [6, 6.07) is 49.1. The molecule has 0 spiro atoms. The lowest BCUT2D eigenvalue weighted by molar-refractivity contribution is 0.0926. The molecule has 0 saturated heterocycles. The first kappa shape index (κ1) is 30.4. The van der Waals surface area contributed by atoms with Gasteiger partial charge in [0.25, 0.3) is 11.8 Å². The van der Waals surface area contributed by atoms with E-state index in [-0.39, 0.29) is 22.5 Å². The Morgan fingerprint density at radius 2 is 0.962 bits per heavy atom. The number of imide groups is 1. The van der Waals surface area contributed by atoms with Gasteiger partial charge in [-0.05, 0) is 48.0 Å². The van der Waals surface area contributed by atoms with Crippen molar-refractivity contribution in [3.8, 4) is 51.5 Å². The van der Waals surface area contributed by atoms with E-state index < -0.39 is 11.8 Å². The summed E-state index contributed by atoms with van der Waals surface area (Å²) >= 11 is 0. The smallest absolute Gasteiger partial charge is 0.268 e. The third-order valence-electron chi connectivity index (χ3n) is 9.45. The molecule has 2 amide bonds. The Kier molecular flexibility index (Phi) is 7.03. The number of fused-ring (bicyclic) bond motifs is 4. The maximum atomic E-state index is 14.9. The van der Waals surface area contributed by atoms with Crippen molar-refractivity contribution < 1.29 is 9.59 Å². The molecule has 242 valence electrons. The van der Waals surface area contributed by atoms with Crippen molar-refractivity contribution in [2.45, 2.75) is 0 Å². The molecule has 8 aromatic rings. The van der Waals surface area contributed by atoms with Gasteiger partial charge in [-0.3, -0.25) is 9.59 Å². The van der Waals surface area contributed by atoms with E-state index in [1.54, 1.807) is 42.5 Å². The quantitative estimate of drug-likeness (QED) is 0.169. The first-order valence-corrected chi connectivity index (χ1v) is 16.5. The van der Waals surface area contributed by atoms with Crippen LogP contribution in [0.15, 0.2) is 146 Å². The molecule has 1 aliphatic heterocycles. The highest BCUT2D eigenvalue weighted by molar-refractivity contribution is 6.36. The van der Waals surface area contributed by atoms with Crippen LogP contribution in [0.4, 0.5) is 5.69 Å². The number of para-hydroxylation sites is 3. The van der Waals surface area contributed by atoms with Gasteiger partial charge in [0.05, 0.1) is 44.9 Å². The number of nitrogens with zero attached hydrogens (tertiary/aromatic N) is 6. The van der Waals surface area contributed by atoms with Crippen LogP contribution in [0.5, 0.6) is 0 Å². The largest absolute Gasteiger partial charge is 0.307 e. The Hall–Kier alpha value is -7.68. The summed E-state index contributed by atoms with van der Waals surface area (Å²) in [5.41, 5.74) is 7.80. The molecular weight excluding hydrogens is 645 g/mol. The number of amides is 2. The average molecular weight is 669 g/mol. The fourth-order valence-corrected chi connectivity index (χ4v) is 7.27. The van der Waals surface area contributed by atoms with Crippen molar-refractivity contribution in [2.24, 2.45) is 0 Å². The van der Waals surface area contributed by atoms with Crippen LogP contribution in [-0.4, -0.2) is 26.3 Å². The lowest BCUT2D eigenvalue weighted by Gasteiger charge is -2.19. The summed E-state index contributed by atoms with van der Waals surface area (Å²) in [4.78, 5) is 39.8. The first-order chi connectivity index (χ1) is 25.6. The van der Waals surface area contributed by atoms with E-state index in [0.717, 1.165) is 44.1 Å². The number of rotatable bonds is 5. The van der Waals surface area contributed by atoms with Crippen molar-refractivity contribution in [1.82, 2.24) is 14.5 Å². The third-order valence-corrected chi connectivity index (χ3v) is 9.45. The Labute approximate surface area is 297 Å². The van der Waals surface area contributed by atoms with Gasteiger partial charge < -0.3 is 4.57 Å². The third kappa shape index (κ3) is 4.60. The van der Waals surface area contributed by atoms with Crippen LogP contribution in [0.3, 0.4) is 0 Å². The van der Waals surface area contributed by atoms with Gasteiger partial charge in [0.2, 0.25) is 0 Å². The van der Waals surface area contributed by atoms with E-state index in [2.05, 4.69) is 22.1 Å². The van der Waals surface area contributed by atoms with Gasteiger partial charge >= 0.3 is 0 Å². The van der Waals surface area contributed by atoms with Gasteiger partial charge in [0, 0.05) is 27.5 Å². The molecule has 3 aromatic heterocycles. The summed E-state index contributed by atoms with van der Waals surface area (Å²) in [6.45, 7) is 0. The van der Waals surface area contributed by atoms with Gasteiger partial charge in [-0.1, -0.05) is 103 Å². The number of hydrogen-bond donors (Lipinski definition) is 0. The molecule has 0 N–H and O–H groups in total. The Morgan fingerprint density at radius 3 is 1.58 bits per heavy atom. The number of carbonyl (C=O) groups is 2. The Balaban J connectivity index is 1.37. The van der Waals surface area contributed by atoms with Crippen molar-refractivity contribution in [2.75, 3.05) is 4.90 Å². The molecule has 8 heteroatoms. The monoisotopic (exact) mass is 668 g/mol. The second-order valence-electron chi connectivity index (χ2n) is 12.3. The molecule has 4 heterocycles. The van der Waals surface area contributed by atoms with Crippen molar-refractivity contribution in [3.05, 3.63) is 168 Å². The fourth-order valence-electron chi connectivity index (χ4n) is 7.27. The lowest BCUT2D eigenvalue weighted by atomic mass is 10.0. The molecule has 0 unspecified atom stereocenters. The van der Waals surface area contributed by atoms with E-state index in [1.807, 2.05) is 108 Å². The maximum absolute atomic E-state index is 14.9. The number of pyridine rings is 2. The number of carbonyl (C=O) groups excluding carboxylic acids is 2. The van der Waals surface area contributed by atoms with E-state index in [4.69, 9.17) is 0 Å². The molecule has 0 fully saturated rings.